The van der Waals surface area contributed by atoms with E-state index >= 15 is 0 Å². The van der Waals surface area contributed by atoms with Crippen LogP contribution in [0.25, 0.3) is 44.5 Å². The van der Waals surface area contributed by atoms with Gasteiger partial charge in [0.05, 0.1) is 11.4 Å². The lowest BCUT2D eigenvalue weighted by atomic mass is 9.86. The summed E-state index contributed by atoms with van der Waals surface area (Å²) in [6.07, 6.45) is 8.74. The minimum Gasteiger partial charge on any atom is -0.359 e. The first-order chi connectivity index (χ1) is 21.5. The molecule has 0 bridgehead atoms. The third-order valence-electron chi connectivity index (χ3n) is 9.22. The van der Waals surface area contributed by atoms with Gasteiger partial charge in [0, 0.05) is 11.8 Å². The molecule has 0 aromatic heterocycles. The van der Waals surface area contributed by atoms with E-state index in [9.17, 15) is 0 Å². The first-order valence-electron chi connectivity index (χ1n) is 16.1. The lowest BCUT2D eigenvalue weighted by Gasteiger charge is -2.22. The first kappa shape index (κ1) is 28.9. The molecule has 1 unspecified atom stereocenters. The SMILES string of the molecule is CC(C)(C)c1ccc(-c2ccc(-c3cc(-c4ccc(-c5ccc(C(C)(C)C)cc5)cc4)c4c(c3)N3C=CC=CC3N4)cc2)cc1. The van der Waals surface area contributed by atoms with E-state index in [0.29, 0.717) is 0 Å². The zero-order chi connectivity index (χ0) is 31.3. The van der Waals surface area contributed by atoms with Gasteiger partial charge in [-0.05, 0) is 85.2 Å². The summed E-state index contributed by atoms with van der Waals surface area (Å²) >= 11 is 0. The van der Waals surface area contributed by atoms with Gasteiger partial charge in [-0.2, -0.15) is 0 Å². The van der Waals surface area contributed by atoms with E-state index in [1.54, 1.807) is 0 Å². The van der Waals surface area contributed by atoms with Gasteiger partial charge in [0.15, 0.2) is 0 Å². The number of nitrogens with one attached hydrogen (secondary N) is 1. The molecule has 2 heteroatoms. The fourth-order valence-corrected chi connectivity index (χ4v) is 6.39. The van der Waals surface area contributed by atoms with Crippen molar-refractivity contribution in [2.75, 3.05) is 10.2 Å². The van der Waals surface area contributed by atoms with Gasteiger partial charge in [-0.1, -0.05) is 145 Å². The van der Waals surface area contributed by atoms with Gasteiger partial charge in [-0.25, -0.2) is 0 Å². The summed E-state index contributed by atoms with van der Waals surface area (Å²) in [4.78, 5) is 2.33. The van der Waals surface area contributed by atoms with E-state index in [-0.39, 0.29) is 17.0 Å². The molecule has 0 aliphatic carbocycles. The molecule has 0 saturated carbocycles. The van der Waals surface area contributed by atoms with Crippen LogP contribution in [0, 0.1) is 0 Å². The van der Waals surface area contributed by atoms with Crippen LogP contribution >= 0.6 is 0 Å². The van der Waals surface area contributed by atoms with Crippen LogP contribution in [0.5, 0.6) is 0 Å². The highest BCUT2D eigenvalue weighted by molar-refractivity contribution is 5.96. The molecule has 2 heterocycles. The zero-order valence-electron chi connectivity index (χ0n) is 27.2. The van der Waals surface area contributed by atoms with Crippen LogP contribution in [-0.4, -0.2) is 6.17 Å². The molecule has 0 saturated heterocycles. The molecule has 45 heavy (non-hydrogen) atoms. The van der Waals surface area contributed by atoms with Crippen LogP contribution in [0.2, 0.25) is 0 Å². The predicted octanol–water partition coefficient (Wildman–Crippen LogP) is 11.6. The maximum atomic E-state index is 3.78. The van der Waals surface area contributed by atoms with Gasteiger partial charge in [-0.15, -0.1) is 0 Å². The fraction of sp³-hybridized carbons (Fsp3) is 0.209. The van der Waals surface area contributed by atoms with Crippen molar-refractivity contribution in [2.45, 2.75) is 58.5 Å². The van der Waals surface area contributed by atoms with Gasteiger partial charge < -0.3 is 10.2 Å². The van der Waals surface area contributed by atoms with Crippen molar-refractivity contribution >= 4 is 11.4 Å². The highest BCUT2D eigenvalue weighted by Crippen LogP contribution is 2.46. The van der Waals surface area contributed by atoms with Crippen LogP contribution < -0.4 is 10.2 Å². The molecule has 1 N–H and O–H groups in total. The van der Waals surface area contributed by atoms with Crippen molar-refractivity contribution in [1.82, 2.24) is 0 Å². The number of hydrogen-bond donors (Lipinski definition) is 1. The predicted molar refractivity (Wildman–Crippen MR) is 194 cm³/mol. The first-order valence-corrected chi connectivity index (χ1v) is 16.1. The maximum Gasteiger partial charge on any atom is 0.123 e. The molecule has 5 aromatic rings. The van der Waals surface area contributed by atoms with Gasteiger partial charge in [0.1, 0.15) is 6.17 Å². The van der Waals surface area contributed by atoms with Crippen LogP contribution in [0.4, 0.5) is 11.4 Å². The smallest absolute Gasteiger partial charge is 0.123 e. The second-order valence-corrected chi connectivity index (χ2v) is 14.5. The Hall–Kier alpha value is -4.82. The molecule has 2 aliphatic rings. The second kappa shape index (κ2) is 11.0. The Morgan fingerprint density at radius 3 is 1.38 bits per heavy atom. The van der Waals surface area contributed by atoms with Crippen LogP contribution in [0.15, 0.2) is 134 Å². The van der Waals surface area contributed by atoms with Crippen LogP contribution in [0.3, 0.4) is 0 Å². The highest BCUT2D eigenvalue weighted by Gasteiger charge is 2.30. The Labute approximate surface area is 268 Å². The van der Waals surface area contributed by atoms with E-state index in [1.165, 1.54) is 67.0 Å². The van der Waals surface area contributed by atoms with E-state index in [1.807, 2.05) is 0 Å². The molecular formula is C43H42N2. The van der Waals surface area contributed by atoms with Crippen molar-refractivity contribution in [3.63, 3.8) is 0 Å². The molecule has 2 aliphatic heterocycles. The summed E-state index contributed by atoms with van der Waals surface area (Å²) in [6.45, 7) is 13.6. The van der Waals surface area contributed by atoms with Gasteiger partial charge in [0.25, 0.3) is 0 Å². The lowest BCUT2D eigenvalue weighted by molar-refractivity contribution is 0.590. The van der Waals surface area contributed by atoms with Crippen LogP contribution in [0.1, 0.15) is 52.7 Å². The summed E-state index contributed by atoms with van der Waals surface area (Å²) in [5.41, 5.74) is 15.2. The molecule has 7 rings (SSSR count). The third-order valence-corrected chi connectivity index (χ3v) is 9.22. The second-order valence-electron chi connectivity index (χ2n) is 14.5. The lowest BCUT2D eigenvalue weighted by Crippen LogP contribution is -2.30. The molecule has 5 aromatic carbocycles. The van der Waals surface area contributed by atoms with Crippen LogP contribution in [-0.2, 0) is 10.8 Å². The average molecular weight is 587 g/mol. The van der Waals surface area contributed by atoms with Gasteiger partial charge in [-0.3, -0.25) is 0 Å². The zero-order valence-corrected chi connectivity index (χ0v) is 27.2. The fourth-order valence-electron chi connectivity index (χ4n) is 6.39. The highest BCUT2D eigenvalue weighted by atomic mass is 15.3. The van der Waals surface area contributed by atoms with Crippen molar-refractivity contribution < 1.29 is 0 Å². The van der Waals surface area contributed by atoms with Crippen molar-refractivity contribution in [3.05, 3.63) is 145 Å². The Morgan fingerprint density at radius 1 is 0.489 bits per heavy atom. The van der Waals surface area contributed by atoms with Gasteiger partial charge >= 0.3 is 0 Å². The number of allylic oxidation sites excluding steroid dienone is 2. The summed E-state index contributed by atoms with van der Waals surface area (Å²) in [5.74, 6) is 0. The Bertz CT molecular complexity index is 1890. The minimum atomic E-state index is 0.123. The number of hydrogen-bond acceptors (Lipinski definition) is 2. The molecular weight excluding hydrogens is 544 g/mol. The Morgan fingerprint density at radius 2 is 0.911 bits per heavy atom. The Kier molecular flexibility index (Phi) is 7.05. The number of benzene rings is 5. The van der Waals surface area contributed by atoms with Crippen molar-refractivity contribution in [2.24, 2.45) is 0 Å². The molecule has 1 atom stereocenters. The van der Waals surface area contributed by atoms with Crippen molar-refractivity contribution in [1.29, 1.82) is 0 Å². The molecule has 0 fully saturated rings. The van der Waals surface area contributed by atoms with Crippen molar-refractivity contribution in [3.8, 4) is 44.5 Å². The normalized spacial score (nSPS) is 15.5. The molecule has 2 nitrogen and oxygen atoms in total. The molecule has 0 amide bonds. The minimum absolute atomic E-state index is 0.123. The van der Waals surface area contributed by atoms with Gasteiger partial charge in [0.2, 0.25) is 0 Å². The number of rotatable bonds is 4. The van der Waals surface area contributed by atoms with E-state index in [4.69, 9.17) is 0 Å². The summed E-state index contributed by atoms with van der Waals surface area (Å²) < 4.78 is 0. The summed E-state index contributed by atoms with van der Waals surface area (Å²) in [5, 5.41) is 3.78. The molecule has 0 radical (unpaired) electrons. The largest absolute Gasteiger partial charge is 0.359 e. The van der Waals surface area contributed by atoms with E-state index in [2.05, 4.69) is 185 Å². The van der Waals surface area contributed by atoms with E-state index < -0.39 is 0 Å². The number of nitrogens with zero attached hydrogens (tertiary/aromatic N) is 1. The summed E-state index contributed by atoms with van der Waals surface area (Å²) in [7, 11) is 0. The van der Waals surface area contributed by atoms with E-state index in [0.717, 1.165) is 0 Å². The third kappa shape index (κ3) is 5.62. The number of anilines is 2. The Balaban J connectivity index is 1.24. The average Bonchev–Trinajstić information content (AvgIpc) is 3.43. The number of fused-ring (bicyclic) bond motifs is 3. The maximum absolute atomic E-state index is 3.78. The topological polar surface area (TPSA) is 15.3 Å². The standard InChI is InChI=1S/C43H42N2/c1-42(2,3)36-22-18-31(19-23-36)29-10-12-33(13-11-29)35-27-38(41-39(28-35)45-26-8-7-9-40(45)44-41)34-16-14-30(15-17-34)32-20-24-37(25-21-32)43(4,5)6/h7-28,40,44H,1-6H3. The quantitative estimate of drug-likeness (QED) is 0.225. The molecule has 0 spiro atoms. The summed E-state index contributed by atoms with van der Waals surface area (Å²) in [6, 6.07) is 40.7. The molecule has 224 valence electrons. The monoisotopic (exact) mass is 586 g/mol.